The molecule has 0 aromatic carbocycles. The molecule has 2 aliphatic rings. The van der Waals surface area contributed by atoms with E-state index < -0.39 is 58.0 Å². The van der Waals surface area contributed by atoms with Gasteiger partial charge in [0.1, 0.15) is 23.3 Å². The van der Waals surface area contributed by atoms with E-state index in [-0.39, 0.29) is 34.6 Å². The predicted molar refractivity (Wildman–Crippen MR) is 210 cm³/mol. The maximum Gasteiger partial charge on any atom is 0.434 e. The first-order chi connectivity index (χ1) is 23.1. The Morgan fingerprint density at radius 1 is 0.788 bits per heavy atom. The van der Waals surface area contributed by atoms with Gasteiger partial charge in [0.15, 0.2) is 0 Å². The summed E-state index contributed by atoms with van der Waals surface area (Å²) in [4.78, 5) is 50.9. The Morgan fingerprint density at radius 2 is 1.29 bits per heavy atom. The molecule has 16 heteroatoms. The van der Waals surface area contributed by atoms with Crippen LogP contribution in [0.2, 0.25) is 36.3 Å². The number of amides is 4. The van der Waals surface area contributed by atoms with Crippen LogP contribution < -0.4 is 22.3 Å². The second-order valence-electron chi connectivity index (χ2n) is 18.8. The maximum atomic E-state index is 13.2. The van der Waals surface area contributed by atoms with E-state index in [1.165, 1.54) is 9.96 Å². The normalized spacial score (nSPS) is 21.9. The molecule has 0 aromatic heterocycles. The van der Waals surface area contributed by atoms with Crippen molar-refractivity contribution in [3.05, 3.63) is 23.3 Å². The number of nitrogens with one attached hydrogen (secondary N) is 2. The monoisotopic (exact) mass is 770 g/mol. The van der Waals surface area contributed by atoms with Gasteiger partial charge in [-0.25, -0.2) is 15.1 Å². The number of primary amides is 2. The van der Waals surface area contributed by atoms with Crippen molar-refractivity contribution in [2.45, 2.75) is 169 Å². The first-order valence-electron chi connectivity index (χ1n) is 17.9. The zero-order valence-electron chi connectivity index (χ0n) is 35.2. The lowest BCUT2D eigenvalue weighted by Gasteiger charge is -2.45. The van der Waals surface area contributed by atoms with Gasteiger partial charge in [-0.3, -0.25) is 14.5 Å². The van der Waals surface area contributed by atoms with Crippen molar-refractivity contribution in [1.82, 2.24) is 20.8 Å². The highest BCUT2D eigenvalue weighted by molar-refractivity contribution is 6.74. The number of carbonyl (C=O) groups is 4. The van der Waals surface area contributed by atoms with Crippen LogP contribution in [0.5, 0.6) is 0 Å². The van der Waals surface area contributed by atoms with Crippen molar-refractivity contribution in [3.8, 4) is 0 Å². The van der Waals surface area contributed by atoms with Gasteiger partial charge in [-0.05, 0) is 103 Å². The Morgan fingerprint density at radius 3 is 1.69 bits per heavy atom. The minimum atomic E-state index is -2.47. The molecule has 0 bridgehead atoms. The summed E-state index contributed by atoms with van der Waals surface area (Å²) in [5.74, 6) is -1.01. The molecule has 0 saturated heterocycles. The fourth-order valence-corrected chi connectivity index (χ4v) is 6.33. The van der Waals surface area contributed by atoms with E-state index in [1.807, 2.05) is 26.1 Å². The van der Waals surface area contributed by atoms with E-state index in [1.54, 1.807) is 54.5 Å². The first kappa shape index (κ1) is 47.3. The molecule has 0 spiro atoms. The Balaban J connectivity index is 0.000000601. The molecule has 0 saturated carbocycles. The number of nitrogens with zero attached hydrogens (tertiary/aromatic N) is 2. The summed E-state index contributed by atoms with van der Waals surface area (Å²) < 4.78 is 23.5. The zero-order chi connectivity index (χ0) is 41.0. The van der Waals surface area contributed by atoms with Gasteiger partial charge in [0, 0.05) is 6.54 Å². The molecule has 0 aliphatic carbocycles. The first-order valence-corrected chi connectivity index (χ1v) is 23.7. The summed E-state index contributed by atoms with van der Waals surface area (Å²) in [6, 6.07) is -1.96. The van der Waals surface area contributed by atoms with Crippen LogP contribution in [0.25, 0.3) is 0 Å². The van der Waals surface area contributed by atoms with Gasteiger partial charge in [-0.2, -0.15) is 5.06 Å². The lowest BCUT2D eigenvalue weighted by molar-refractivity contribution is -0.125. The number of carbonyl (C=O) groups excluding carboxylic acids is 4. The topological polar surface area (TPSA) is 188 Å². The summed E-state index contributed by atoms with van der Waals surface area (Å²) in [6.45, 7) is 35.9. The van der Waals surface area contributed by atoms with E-state index in [9.17, 15) is 19.2 Å². The van der Waals surface area contributed by atoms with Gasteiger partial charge in [0.25, 0.3) is 0 Å². The number of nitrogens with two attached hydrogens (primary N) is 2. The second kappa shape index (κ2) is 17.1. The molecule has 4 amide bonds. The maximum absolute atomic E-state index is 13.2. The van der Waals surface area contributed by atoms with Gasteiger partial charge in [-0.15, -0.1) is 0 Å². The van der Waals surface area contributed by atoms with Crippen molar-refractivity contribution in [2.75, 3.05) is 13.1 Å². The third-order valence-electron chi connectivity index (χ3n) is 9.50. The Kier molecular flexibility index (Phi) is 15.6. The molecule has 14 nitrogen and oxygen atoms in total. The fourth-order valence-electron chi connectivity index (χ4n) is 4.61. The van der Waals surface area contributed by atoms with Crippen LogP contribution in [-0.2, 0) is 28.1 Å². The van der Waals surface area contributed by atoms with E-state index >= 15 is 0 Å². The van der Waals surface area contributed by atoms with Crippen LogP contribution in [0.4, 0.5) is 9.59 Å². The third kappa shape index (κ3) is 13.9. The average Bonchev–Trinajstić information content (AvgIpc) is 2.91. The standard InChI is InChI=1S/C23H43N3O6Si.C13H27N3O2Si/c1-15-13-16(14-25(17(15)18(24)27)19(28)30-21(2,3)4)26(20(29)31-22(5,6)7)32-33(11,12)23(8,9)10;1-9-7-10(8-15-11(9)12(14)17)16-18-19(5,6)13(2,3)4/h13,16-17H,14H2,1-12H3,(H2,24,27);7,10-11,15-16H,8H2,1-6H3,(H2,14,17)/t16-,17+;10-,11+/m11/s1. The molecule has 0 unspecified atom stereocenters. The molecular weight excluding hydrogens is 701 g/mol. The van der Waals surface area contributed by atoms with Crippen molar-refractivity contribution < 1.29 is 37.7 Å². The molecule has 2 heterocycles. The van der Waals surface area contributed by atoms with Crippen LogP contribution in [0.1, 0.15) is 96.9 Å². The van der Waals surface area contributed by atoms with Gasteiger partial charge >= 0.3 is 12.2 Å². The molecule has 0 aromatic rings. The summed E-state index contributed by atoms with van der Waals surface area (Å²) in [6.07, 6.45) is 2.38. The average molecular weight is 771 g/mol. The largest absolute Gasteiger partial charge is 0.444 e. The zero-order valence-corrected chi connectivity index (χ0v) is 37.2. The summed E-state index contributed by atoms with van der Waals surface area (Å²) >= 11 is 0. The van der Waals surface area contributed by atoms with Crippen LogP contribution in [0.15, 0.2) is 23.3 Å². The number of ether oxygens (including phenoxy) is 2. The molecule has 300 valence electrons. The second-order valence-corrected chi connectivity index (χ2v) is 28.2. The fraction of sp³-hybridized carbons (Fsp3) is 0.778. The van der Waals surface area contributed by atoms with E-state index in [4.69, 9.17) is 30.0 Å². The van der Waals surface area contributed by atoms with Gasteiger partial charge in [-0.1, -0.05) is 53.7 Å². The third-order valence-corrected chi connectivity index (χ3v) is 18.0. The van der Waals surface area contributed by atoms with Crippen molar-refractivity contribution in [1.29, 1.82) is 0 Å². The van der Waals surface area contributed by atoms with Gasteiger partial charge in [0.05, 0.1) is 18.6 Å². The number of hydrogen-bond donors (Lipinski definition) is 4. The SMILES string of the molecule is CC1=C[C@@H](N(O[Si](C)(C)C(C)(C)C)C(=O)OC(C)(C)C)CN(C(=O)OC(C)(C)C)[C@@H]1C(N)=O.CC1=C[C@@H](NO[Si](C)(C)C(C)(C)C)CN[C@@H]1C(N)=O. The van der Waals surface area contributed by atoms with Gasteiger partial charge in [0.2, 0.25) is 28.4 Å². The molecule has 2 aliphatic heterocycles. The summed E-state index contributed by atoms with van der Waals surface area (Å²) in [5.41, 5.74) is 14.0. The molecule has 6 N–H and O–H groups in total. The number of rotatable bonds is 8. The van der Waals surface area contributed by atoms with Crippen molar-refractivity contribution >= 4 is 40.6 Å². The molecule has 4 atom stereocenters. The Hall–Kier alpha value is -2.77. The highest BCUT2D eigenvalue weighted by atomic mass is 28.4. The highest BCUT2D eigenvalue weighted by Crippen LogP contribution is 2.39. The minimum absolute atomic E-state index is 0.0340. The van der Waals surface area contributed by atoms with Gasteiger partial charge < -0.3 is 35.3 Å². The van der Waals surface area contributed by atoms with Crippen LogP contribution in [0.3, 0.4) is 0 Å². The minimum Gasteiger partial charge on any atom is -0.444 e. The molecule has 0 radical (unpaired) electrons. The van der Waals surface area contributed by atoms with E-state index in [0.717, 1.165) is 5.57 Å². The number of hydrogen-bond acceptors (Lipinski definition) is 10. The van der Waals surface area contributed by atoms with Crippen LogP contribution in [-0.4, -0.2) is 99.1 Å². The molecular formula is C36H70N6O8Si2. The lowest BCUT2D eigenvalue weighted by Crippen LogP contribution is -2.60. The Bertz CT molecular complexity index is 1360. The van der Waals surface area contributed by atoms with E-state index in [0.29, 0.717) is 12.1 Å². The van der Waals surface area contributed by atoms with Crippen LogP contribution >= 0.6 is 0 Å². The number of hydroxylamine groups is 3. The lowest BCUT2D eigenvalue weighted by atomic mass is 9.98. The quantitative estimate of drug-likeness (QED) is 0.132. The van der Waals surface area contributed by atoms with Crippen molar-refractivity contribution in [2.24, 2.45) is 11.5 Å². The molecule has 2 rings (SSSR count). The van der Waals surface area contributed by atoms with Crippen LogP contribution in [0, 0.1) is 0 Å². The smallest absolute Gasteiger partial charge is 0.434 e. The predicted octanol–water partition coefficient (Wildman–Crippen LogP) is 5.86. The van der Waals surface area contributed by atoms with Crippen molar-refractivity contribution in [3.63, 3.8) is 0 Å². The highest BCUT2D eigenvalue weighted by Gasteiger charge is 2.46. The van der Waals surface area contributed by atoms with E-state index in [2.05, 4.69) is 65.4 Å². The molecule has 0 fully saturated rings. The Labute approximate surface area is 314 Å². The summed E-state index contributed by atoms with van der Waals surface area (Å²) in [5, 5.41) is 4.30. The summed E-state index contributed by atoms with van der Waals surface area (Å²) in [7, 11) is -4.28. The molecule has 52 heavy (non-hydrogen) atoms.